The van der Waals surface area contributed by atoms with Gasteiger partial charge < -0.3 is 0 Å². The average Bonchev–Trinajstić information content (AvgIpc) is 2.70. The van der Waals surface area contributed by atoms with Crippen LogP contribution in [0.1, 0.15) is 20.7 Å². The van der Waals surface area contributed by atoms with E-state index in [0.717, 1.165) is 0 Å². The topological polar surface area (TPSA) is 58.9 Å². The highest BCUT2D eigenvalue weighted by molar-refractivity contribution is 6.30. The number of rotatable bonds is 6. The van der Waals surface area contributed by atoms with Gasteiger partial charge in [0.25, 0.3) is 0 Å². The maximum absolute atomic E-state index is 12.8. The number of benzene rings is 3. The predicted octanol–water partition coefficient (Wildman–Crippen LogP) is 5.56. The van der Waals surface area contributed by atoms with Crippen LogP contribution < -0.4 is 0 Å². The van der Waals surface area contributed by atoms with E-state index in [9.17, 15) is 9.59 Å². The summed E-state index contributed by atoms with van der Waals surface area (Å²) in [7, 11) is 0. The molecule has 0 atom stereocenters. The SMILES string of the molecule is O=C(c1ccccc1)C(N=Nc1ccc(Cl)cc1)C(=O)c1ccccc1. The van der Waals surface area contributed by atoms with Crippen LogP contribution in [-0.2, 0) is 0 Å². The molecule has 3 rings (SSSR count). The van der Waals surface area contributed by atoms with Crippen molar-refractivity contribution in [3.05, 3.63) is 101 Å². The minimum Gasteiger partial charge on any atom is -0.291 e. The van der Waals surface area contributed by atoms with Gasteiger partial charge in [-0.15, -0.1) is 0 Å². The van der Waals surface area contributed by atoms with Crippen LogP contribution in [0.4, 0.5) is 5.69 Å². The van der Waals surface area contributed by atoms with E-state index < -0.39 is 17.6 Å². The molecule has 0 aromatic heterocycles. The van der Waals surface area contributed by atoms with Gasteiger partial charge in [0.2, 0.25) is 0 Å². The smallest absolute Gasteiger partial charge is 0.197 e. The third kappa shape index (κ3) is 4.29. The van der Waals surface area contributed by atoms with Crippen molar-refractivity contribution < 1.29 is 9.59 Å². The van der Waals surface area contributed by atoms with E-state index in [0.29, 0.717) is 21.8 Å². The van der Waals surface area contributed by atoms with Crippen LogP contribution >= 0.6 is 11.6 Å². The highest BCUT2D eigenvalue weighted by atomic mass is 35.5. The summed E-state index contributed by atoms with van der Waals surface area (Å²) in [5.41, 5.74) is 1.34. The standard InChI is InChI=1S/C21H15ClN2O2/c22-17-11-13-18(14-12-17)23-24-19(20(25)15-7-3-1-4-8-15)21(26)16-9-5-2-6-10-16/h1-14,19H. The van der Waals surface area contributed by atoms with Crippen molar-refractivity contribution in [2.75, 3.05) is 0 Å². The summed E-state index contributed by atoms with van der Waals surface area (Å²) >= 11 is 5.85. The normalized spacial score (nSPS) is 11.0. The lowest BCUT2D eigenvalue weighted by atomic mass is 9.97. The van der Waals surface area contributed by atoms with Gasteiger partial charge in [0.05, 0.1) is 5.69 Å². The first-order chi connectivity index (χ1) is 12.6. The average molecular weight is 363 g/mol. The molecule has 0 N–H and O–H groups in total. The molecule has 26 heavy (non-hydrogen) atoms. The summed E-state index contributed by atoms with van der Waals surface area (Å²) in [6, 6.07) is 22.7. The van der Waals surface area contributed by atoms with E-state index >= 15 is 0 Å². The van der Waals surface area contributed by atoms with Crippen LogP contribution in [0.5, 0.6) is 0 Å². The number of hydrogen-bond donors (Lipinski definition) is 0. The number of nitrogens with zero attached hydrogens (tertiary/aromatic N) is 2. The van der Waals surface area contributed by atoms with Crippen molar-refractivity contribution in [3.8, 4) is 0 Å². The summed E-state index contributed by atoms with van der Waals surface area (Å²) in [4.78, 5) is 25.7. The Bertz CT molecular complexity index is 872. The van der Waals surface area contributed by atoms with Gasteiger partial charge >= 0.3 is 0 Å². The summed E-state index contributed by atoms with van der Waals surface area (Å²) in [5.74, 6) is -0.783. The van der Waals surface area contributed by atoms with E-state index in [-0.39, 0.29) is 0 Å². The summed E-state index contributed by atoms with van der Waals surface area (Å²) in [6.07, 6.45) is 0. The molecule has 0 aliphatic heterocycles. The Labute approximate surface area is 156 Å². The Kier molecular flexibility index (Phi) is 5.66. The van der Waals surface area contributed by atoms with Gasteiger partial charge in [0, 0.05) is 16.1 Å². The van der Waals surface area contributed by atoms with E-state index in [1.165, 1.54) is 0 Å². The minimum atomic E-state index is -1.24. The fraction of sp³-hybridized carbons (Fsp3) is 0.0476. The quantitative estimate of drug-likeness (QED) is 0.327. The number of halogens is 1. The lowest BCUT2D eigenvalue weighted by Gasteiger charge is -2.10. The van der Waals surface area contributed by atoms with Crippen LogP contribution in [0.2, 0.25) is 5.02 Å². The molecule has 128 valence electrons. The Balaban J connectivity index is 1.94. The highest BCUT2D eigenvalue weighted by Crippen LogP contribution is 2.19. The van der Waals surface area contributed by atoms with Crippen LogP contribution in [0, 0.1) is 0 Å². The maximum atomic E-state index is 12.8. The molecule has 0 heterocycles. The first-order valence-corrected chi connectivity index (χ1v) is 8.38. The molecule has 0 fully saturated rings. The van der Waals surface area contributed by atoms with Gasteiger partial charge in [0.1, 0.15) is 0 Å². The molecule has 4 nitrogen and oxygen atoms in total. The van der Waals surface area contributed by atoms with Crippen molar-refractivity contribution in [3.63, 3.8) is 0 Å². The molecule has 0 radical (unpaired) electrons. The molecule has 5 heteroatoms. The molecule has 0 aliphatic rings. The van der Waals surface area contributed by atoms with Crippen LogP contribution in [-0.4, -0.2) is 17.6 Å². The third-order valence-corrected chi connectivity index (χ3v) is 3.98. The number of hydrogen-bond acceptors (Lipinski definition) is 4. The van der Waals surface area contributed by atoms with E-state index in [1.54, 1.807) is 84.9 Å². The second-order valence-corrected chi connectivity index (χ2v) is 5.99. The molecule has 0 saturated carbocycles. The van der Waals surface area contributed by atoms with Crippen molar-refractivity contribution in [1.82, 2.24) is 0 Å². The van der Waals surface area contributed by atoms with E-state index in [4.69, 9.17) is 11.6 Å². The molecule has 3 aromatic rings. The summed E-state index contributed by atoms with van der Waals surface area (Å²) < 4.78 is 0. The highest BCUT2D eigenvalue weighted by Gasteiger charge is 2.28. The summed E-state index contributed by atoms with van der Waals surface area (Å²) in [5, 5.41) is 8.70. The van der Waals surface area contributed by atoms with E-state index in [1.807, 2.05) is 0 Å². The molecule has 0 unspecified atom stereocenters. The zero-order valence-corrected chi connectivity index (χ0v) is 14.5. The molecule has 0 amide bonds. The van der Waals surface area contributed by atoms with Gasteiger partial charge in [0.15, 0.2) is 17.6 Å². The maximum Gasteiger partial charge on any atom is 0.197 e. The molecule has 3 aromatic carbocycles. The number of carbonyl (C=O) groups excluding carboxylic acids is 2. The Morgan fingerprint density at radius 1 is 0.692 bits per heavy atom. The van der Waals surface area contributed by atoms with Crippen LogP contribution in [0.3, 0.4) is 0 Å². The first-order valence-electron chi connectivity index (χ1n) is 8.00. The predicted molar refractivity (Wildman–Crippen MR) is 101 cm³/mol. The van der Waals surface area contributed by atoms with Crippen LogP contribution in [0.15, 0.2) is 95.2 Å². The molecular formula is C21H15ClN2O2. The number of azo groups is 1. The molecule has 0 bridgehead atoms. The van der Waals surface area contributed by atoms with Crippen LogP contribution in [0.25, 0.3) is 0 Å². The minimum absolute atomic E-state index is 0.392. The Morgan fingerprint density at radius 3 is 1.62 bits per heavy atom. The summed E-state index contributed by atoms with van der Waals surface area (Å²) in [6.45, 7) is 0. The second kappa shape index (κ2) is 8.32. The fourth-order valence-corrected chi connectivity index (χ4v) is 2.50. The molecule has 0 spiro atoms. The largest absolute Gasteiger partial charge is 0.291 e. The zero-order chi connectivity index (χ0) is 18.4. The van der Waals surface area contributed by atoms with Crippen molar-refractivity contribution >= 4 is 28.9 Å². The lowest BCUT2D eigenvalue weighted by molar-refractivity contribution is 0.0861. The van der Waals surface area contributed by atoms with Gasteiger partial charge in [-0.05, 0) is 24.3 Å². The second-order valence-electron chi connectivity index (χ2n) is 5.55. The van der Waals surface area contributed by atoms with Crippen molar-refractivity contribution in [2.24, 2.45) is 10.2 Å². The number of Topliss-reactive ketones (excluding diaryl/α,β-unsaturated/α-hetero) is 2. The molecular weight excluding hydrogens is 348 g/mol. The van der Waals surface area contributed by atoms with Gasteiger partial charge in [-0.25, -0.2) is 0 Å². The fourth-order valence-electron chi connectivity index (χ4n) is 2.38. The molecule has 0 saturated heterocycles. The van der Waals surface area contributed by atoms with Crippen molar-refractivity contribution in [1.29, 1.82) is 0 Å². The Hall–Kier alpha value is -3.11. The van der Waals surface area contributed by atoms with Gasteiger partial charge in [-0.1, -0.05) is 72.3 Å². The lowest BCUT2D eigenvalue weighted by Crippen LogP contribution is -2.28. The zero-order valence-electron chi connectivity index (χ0n) is 13.7. The van der Waals surface area contributed by atoms with Gasteiger partial charge in [-0.2, -0.15) is 10.2 Å². The number of ketones is 2. The van der Waals surface area contributed by atoms with Crippen molar-refractivity contribution in [2.45, 2.75) is 6.04 Å². The third-order valence-electron chi connectivity index (χ3n) is 3.73. The first kappa shape index (κ1) is 17.7. The van der Waals surface area contributed by atoms with E-state index in [2.05, 4.69) is 10.2 Å². The molecule has 0 aliphatic carbocycles. The van der Waals surface area contributed by atoms with Gasteiger partial charge in [-0.3, -0.25) is 9.59 Å². The monoisotopic (exact) mass is 362 g/mol. The number of carbonyl (C=O) groups is 2. The Morgan fingerprint density at radius 2 is 1.15 bits per heavy atom.